The van der Waals surface area contributed by atoms with E-state index < -0.39 is 23.6 Å². The van der Waals surface area contributed by atoms with Crippen molar-refractivity contribution in [3.8, 4) is 0 Å². The predicted molar refractivity (Wildman–Crippen MR) is 92.7 cm³/mol. The smallest absolute Gasteiger partial charge is 0.317 e. The monoisotopic (exact) mass is 302 g/mol. The highest BCUT2D eigenvalue weighted by Crippen LogP contribution is 2.31. The third-order valence-corrected chi connectivity index (χ3v) is 3.56. The normalized spacial score (nSPS) is 28.3. The predicted octanol–water partition coefficient (Wildman–Crippen LogP) is 4.40. The first-order valence-electron chi connectivity index (χ1n) is 8.77. The van der Waals surface area contributed by atoms with Gasteiger partial charge >= 0.3 is 6.03 Å². The SMILES string of the molecule is [2H][C@@H]1N(C(C)(C)C)C(=O)N(C(C)(C)C)[C@]1([2H])/C=C/c1ccccc1. The molecule has 1 fully saturated rings. The van der Waals surface area contributed by atoms with E-state index in [2.05, 4.69) is 0 Å². The van der Waals surface area contributed by atoms with Crippen LogP contribution < -0.4 is 0 Å². The Bertz CT molecular complexity index is 631. The largest absolute Gasteiger partial charge is 0.321 e. The molecule has 0 spiro atoms. The summed E-state index contributed by atoms with van der Waals surface area (Å²) in [6.45, 7) is 10.4. The molecule has 0 radical (unpaired) electrons. The summed E-state index contributed by atoms with van der Waals surface area (Å²) in [7, 11) is 0. The Hall–Kier alpha value is -1.77. The Morgan fingerprint density at radius 2 is 1.73 bits per heavy atom. The van der Waals surface area contributed by atoms with E-state index in [9.17, 15) is 4.79 Å². The van der Waals surface area contributed by atoms with Crippen molar-refractivity contribution in [3.05, 3.63) is 42.0 Å². The van der Waals surface area contributed by atoms with Crippen molar-refractivity contribution in [2.24, 2.45) is 0 Å². The molecule has 2 rings (SSSR count). The number of urea groups is 1. The van der Waals surface area contributed by atoms with Crippen LogP contribution in [0.5, 0.6) is 0 Å². The van der Waals surface area contributed by atoms with E-state index in [-0.39, 0.29) is 6.03 Å². The molecule has 0 saturated carbocycles. The second-order valence-corrected chi connectivity index (χ2v) is 7.63. The molecule has 2 atom stereocenters. The Labute approximate surface area is 137 Å². The molecular formula is C19H28N2O. The lowest BCUT2D eigenvalue weighted by Gasteiger charge is -2.36. The average Bonchev–Trinajstić information content (AvgIpc) is 2.64. The van der Waals surface area contributed by atoms with Crippen LogP contribution in [0.2, 0.25) is 0 Å². The topological polar surface area (TPSA) is 23.6 Å². The zero-order chi connectivity index (χ0) is 18.3. The van der Waals surface area contributed by atoms with Gasteiger partial charge in [0.1, 0.15) is 0 Å². The summed E-state index contributed by atoms with van der Waals surface area (Å²) in [6, 6.07) is 7.97. The number of carbonyl (C=O) groups is 1. The van der Waals surface area contributed by atoms with E-state index in [1.807, 2.05) is 78.0 Å². The highest BCUT2D eigenvalue weighted by molar-refractivity contribution is 5.79. The van der Waals surface area contributed by atoms with Crippen LogP contribution in [-0.4, -0.2) is 39.4 Å². The molecule has 1 aromatic rings. The first-order chi connectivity index (χ1) is 10.9. The van der Waals surface area contributed by atoms with Crippen LogP contribution in [0.3, 0.4) is 0 Å². The Kier molecular flexibility index (Phi) is 3.65. The molecule has 3 heteroatoms. The number of hydrogen-bond donors (Lipinski definition) is 0. The van der Waals surface area contributed by atoms with E-state index in [1.54, 1.807) is 6.08 Å². The number of nitrogens with zero attached hydrogens (tertiary/aromatic N) is 2. The fourth-order valence-corrected chi connectivity index (χ4v) is 2.48. The van der Waals surface area contributed by atoms with Gasteiger partial charge in [-0.25, -0.2) is 4.79 Å². The molecule has 0 N–H and O–H groups in total. The molecule has 1 aliphatic rings. The zero-order valence-corrected chi connectivity index (χ0v) is 14.4. The minimum atomic E-state index is -1.45. The fourth-order valence-electron chi connectivity index (χ4n) is 2.48. The molecule has 22 heavy (non-hydrogen) atoms. The lowest BCUT2D eigenvalue weighted by molar-refractivity contribution is 0.129. The molecule has 2 amide bonds. The van der Waals surface area contributed by atoms with Gasteiger partial charge in [-0.1, -0.05) is 42.5 Å². The maximum atomic E-state index is 13.0. The van der Waals surface area contributed by atoms with Gasteiger partial charge in [0.25, 0.3) is 0 Å². The number of benzene rings is 1. The van der Waals surface area contributed by atoms with Crippen LogP contribution in [0, 0.1) is 0 Å². The Morgan fingerprint density at radius 1 is 1.14 bits per heavy atom. The van der Waals surface area contributed by atoms with Crippen molar-refractivity contribution in [2.45, 2.75) is 58.6 Å². The third-order valence-electron chi connectivity index (χ3n) is 3.56. The Balaban J connectivity index is 2.51. The molecule has 120 valence electrons. The summed E-state index contributed by atoms with van der Waals surface area (Å²) < 4.78 is 17.6. The molecule has 0 bridgehead atoms. The molecule has 0 aromatic heterocycles. The highest BCUT2D eigenvalue weighted by atomic mass is 16.2. The summed E-state index contributed by atoms with van der Waals surface area (Å²) in [5.74, 6) is 0. The standard InChI is InChI=1S/C19H28N2O/c1-18(2,3)20-14-16(21(17(20)22)19(4,5)6)13-12-15-10-8-7-9-11-15/h7-13,16H,14H2,1-6H3/b13-12+/t16-/m1/s1/i14D,16D/t14-,16+/m0. The number of carbonyl (C=O) groups excluding carboxylic acids is 1. The van der Waals surface area contributed by atoms with Gasteiger partial charge in [0.05, 0.1) is 8.76 Å². The minimum absolute atomic E-state index is 0.261. The lowest BCUT2D eigenvalue weighted by Crippen LogP contribution is -2.50. The molecule has 0 aliphatic carbocycles. The third kappa shape index (κ3) is 3.52. The van der Waals surface area contributed by atoms with Crippen LogP contribution >= 0.6 is 0 Å². The summed E-state index contributed by atoms with van der Waals surface area (Å²) in [5, 5.41) is 0. The van der Waals surface area contributed by atoms with Crippen molar-refractivity contribution in [1.82, 2.24) is 9.80 Å². The fraction of sp³-hybridized carbons (Fsp3) is 0.526. The first kappa shape index (κ1) is 13.9. The molecule has 1 aromatic carbocycles. The second kappa shape index (κ2) is 5.79. The number of amides is 2. The molecule has 3 nitrogen and oxygen atoms in total. The summed E-state index contributed by atoms with van der Waals surface area (Å²) >= 11 is 0. The van der Waals surface area contributed by atoms with Gasteiger partial charge in [-0.05, 0) is 47.1 Å². The van der Waals surface area contributed by atoms with Gasteiger partial charge in [-0.15, -0.1) is 0 Å². The second-order valence-electron chi connectivity index (χ2n) is 7.63. The minimum Gasteiger partial charge on any atom is -0.317 e. The van der Waals surface area contributed by atoms with Crippen LogP contribution in [0.1, 0.15) is 49.8 Å². The van der Waals surface area contributed by atoms with Gasteiger partial charge in [0.15, 0.2) is 0 Å². The van der Waals surface area contributed by atoms with Gasteiger partial charge < -0.3 is 9.80 Å². The number of rotatable bonds is 2. The maximum absolute atomic E-state index is 13.0. The van der Waals surface area contributed by atoms with Gasteiger partial charge in [0.2, 0.25) is 0 Å². The molecular weight excluding hydrogens is 272 g/mol. The molecule has 0 unspecified atom stereocenters. The van der Waals surface area contributed by atoms with Crippen molar-refractivity contribution in [1.29, 1.82) is 0 Å². The van der Waals surface area contributed by atoms with Gasteiger partial charge in [-0.2, -0.15) is 0 Å². The summed E-state index contributed by atoms with van der Waals surface area (Å²) in [6.07, 6.45) is 3.50. The summed E-state index contributed by atoms with van der Waals surface area (Å²) in [4.78, 5) is 16.0. The van der Waals surface area contributed by atoms with Crippen molar-refractivity contribution < 1.29 is 7.54 Å². The Morgan fingerprint density at radius 3 is 2.23 bits per heavy atom. The first-order valence-corrected chi connectivity index (χ1v) is 7.69. The van der Waals surface area contributed by atoms with E-state index in [0.29, 0.717) is 0 Å². The lowest BCUT2D eigenvalue weighted by atomic mass is 10.0. The van der Waals surface area contributed by atoms with Gasteiger partial charge in [-0.3, -0.25) is 0 Å². The van der Waals surface area contributed by atoms with Crippen LogP contribution in [-0.2, 0) is 0 Å². The molecule has 1 saturated heterocycles. The van der Waals surface area contributed by atoms with Gasteiger partial charge in [0, 0.05) is 17.6 Å². The van der Waals surface area contributed by atoms with E-state index in [4.69, 9.17) is 2.74 Å². The van der Waals surface area contributed by atoms with Crippen molar-refractivity contribution >= 4 is 12.1 Å². The van der Waals surface area contributed by atoms with Crippen LogP contribution in [0.25, 0.3) is 6.08 Å². The van der Waals surface area contributed by atoms with Crippen LogP contribution in [0.4, 0.5) is 4.79 Å². The average molecular weight is 302 g/mol. The summed E-state index contributed by atoms with van der Waals surface area (Å²) in [5.41, 5.74) is -0.123. The van der Waals surface area contributed by atoms with E-state index >= 15 is 0 Å². The molecule has 1 heterocycles. The quantitative estimate of drug-likeness (QED) is 0.794. The van der Waals surface area contributed by atoms with Crippen LogP contribution in [0.15, 0.2) is 36.4 Å². The van der Waals surface area contributed by atoms with E-state index in [0.717, 1.165) is 5.56 Å². The maximum Gasteiger partial charge on any atom is 0.321 e. The number of hydrogen-bond acceptors (Lipinski definition) is 1. The van der Waals surface area contributed by atoms with Crippen molar-refractivity contribution in [3.63, 3.8) is 0 Å². The highest BCUT2D eigenvalue weighted by Gasteiger charge is 2.45. The molecule has 1 aliphatic heterocycles. The van der Waals surface area contributed by atoms with Crippen molar-refractivity contribution in [2.75, 3.05) is 6.52 Å². The zero-order valence-electron chi connectivity index (χ0n) is 16.4. The van der Waals surface area contributed by atoms with E-state index in [1.165, 1.54) is 9.80 Å².